The Labute approximate surface area is 115 Å². The highest BCUT2D eigenvalue weighted by molar-refractivity contribution is 5.97. The Hall–Kier alpha value is -2.18. The summed E-state index contributed by atoms with van der Waals surface area (Å²) in [6, 6.07) is 4.78. The van der Waals surface area contributed by atoms with E-state index in [9.17, 15) is 19.8 Å². The molecule has 2 unspecified atom stereocenters. The van der Waals surface area contributed by atoms with E-state index >= 15 is 0 Å². The minimum atomic E-state index is -1.65. The molecule has 0 aliphatic carbocycles. The molecular weight excluding hydrogens is 262 g/mol. The predicted molar refractivity (Wildman–Crippen MR) is 71.3 cm³/mol. The quantitative estimate of drug-likeness (QED) is 0.558. The van der Waals surface area contributed by atoms with Gasteiger partial charge in [0, 0.05) is 22.7 Å². The van der Waals surface area contributed by atoms with Gasteiger partial charge in [-0.25, -0.2) is 4.79 Å². The zero-order valence-corrected chi connectivity index (χ0v) is 10.9. The van der Waals surface area contributed by atoms with E-state index in [2.05, 4.69) is 9.72 Å². The number of ether oxygens (including phenoxy) is 1. The van der Waals surface area contributed by atoms with Crippen LogP contribution in [0.25, 0.3) is 10.9 Å². The molecular formula is C14H15NO5. The number of H-pyrrole nitrogens is 1. The van der Waals surface area contributed by atoms with Gasteiger partial charge in [-0.05, 0) is 18.6 Å². The maximum absolute atomic E-state index is 11.4. The summed E-state index contributed by atoms with van der Waals surface area (Å²) in [5, 5.41) is 20.4. The van der Waals surface area contributed by atoms with E-state index in [1.54, 1.807) is 31.3 Å². The van der Waals surface area contributed by atoms with Gasteiger partial charge in [0.1, 0.15) is 6.10 Å². The maximum atomic E-state index is 11.4. The van der Waals surface area contributed by atoms with Crippen molar-refractivity contribution in [1.29, 1.82) is 0 Å². The van der Waals surface area contributed by atoms with Crippen LogP contribution in [0.3, 0.4) is 0 Å². The van der Waals surface area contributed by atoms with E-state index in [4.69, 9.17) is 0 Å². The van der Waals surface area contributed by atoms with Crippen LogP contribution in [0.4, 0.5) is 0 Å². The number of esters is 1. The molecule has 0 bridgehead atoms. The number of benzene rings is 1. The normalized spacial score (nSPS) is 13.9. The highest BCUT2D eigenvalue weighted by atomic mass is 16.5. The molecule has 0 saturated carbocycles. The number of nitrogens with one attached hydrogen (secondary N) is 1. The highest BCUT2D eigenvalue weighted by Gasteiger charge is 2.27. The van der Waals surface area contributed by atoms with Crippen molar-refractivity contribution in [3.8, 4) is 0 Å². The standard InChI is InChI=1S/C14H15NO5/c1-2-20-14(19)13(18)12(17)8-3-4-10-9(7-16)6-15-11(10)5-8/h3-7,12-13,15,17-18H,2H2,1H3. The molecule has 1 aromatic carbocycles. The molecule has 0 fully saturated rings. The van der Waals surface area contributed by atoms with Crippen molar-refractivity contribution in [1.82, 2.24) is 4.98 Å². The van der Waals surface area contributed by atoms with Gasteiger partial charge in [-0.2, -0.15) is 0 Å². The molecule has 0 saturated heterocycles. The van der Waals surface area contributed by atoms with Crippen LogP contribution >= 0.6 is 0 Å². The molecule has 1 heterocycles. The van der Waals surface area contributed by atoms with E-state index in [1.807, 2.05) is 0 Å². The van der Waals surface area contributed by atoms with Crippen LogP contribution in [0, 0.1) is 0 Å². The lowest BCUT2D eigenvalue weighted by Crippen LogP contribution is -2.29. The first kappa shape index (κ1) is 14.2. The van der Waals surface area contributed by atoms with Gasteiger partial charge in [-0.15, -0.1) is 0 Å². The van der Waals surface area contributed by atoms with Gasteiger partial charge >= 0.3 is 5.97 Å². The molecule has 2 aromatic rings. The van der Waals surface area contributed by atoms with E-state index < -0.39 is 18.2 Å². The molecule has 20 heavy (non-hydrogen) atoms. The van der Waals surface area contributed by atoms with Gasteiger partial charge in [0.25, 0.3) is 0 Å². The van der Waals surface area contributed by atoms with Gasteiger partial charge in [-0.1, -0.05) is 12.1 Å². The number of hydrogen-bond acceptors (Lipinski definition) is 5. The Morgan fingerprint density at radius 1 is 1.45 bits per heavy atom. The van der Waals surface area contributed by atoms with Gasteiger partial charge in [0.15, 0.2) is 12.4 Å². The molecule has 0 amide bonds. The number of aliphatic hydroxyl groups excluding tert-OH is 2. The lowest BCUT2D eigenvalue weighted by atomic mass is 10.0. The van der Waals surface area contributed by atoms with E-state index in [1.165, 1.54) is 0 Å². The van der Waals surface area contributed by atoms with Crippen LogP contribution in [0.5, 0.6) is 0 Å². The lowest BCUT2D eigenvalue weighted by molar-refractivity contribution is -0.159. The first-order valence-corrected chi connectivity index (χ1v) is 6.17. The molecule has 3 N–H and O–H groups in total. The zero-order chi connectivity index (χ0) is 14.7. The third-order valence-electron chi connectivity index (χ3n) is 3.03. The number of aromatic nitrogens is 1. The number of carbonyl (C=O) groups is 2. The van der Waals surface area contributed by atoms with Crippen molar-refractivity contribution in [3.63, 3.8) is 0 Å². The number of aliphatic hydroxyl groups is 2. The fraction of sp³-hybridized carbons (Fsp3) is 0.286. The van der Waals surface area contributed by atoms with Crippen LogP contribution in [0.1, 0.15) is 28.9 Å². The van der Waals surface area contributed by atoms with Gasteiger partial charge in [0.2, 0.25) is 0 Å². The van der Waals surface area contributed by atoms with Crippen molar-refractivity contribution in [2.45, 2.75) is 19.1 Å². The summed E-state index contributed by atoms with van der Waals surface area (Å²) in [5.74, 6) is -0.875. The Bertz CT molecular complexity index is 634. The number of aldehydes is 1. The highest BCUT2D eigenvalue weighted by Crippen LogP contribution is 2.24. The molecule has 0 aliphatic heterocycles. The summed E-state index contributed by atoms with van der Waals surface area (Å²) in [7, 11) is 0. The second kappa shape index (κ2) is 5.85. The molecule has 0 aliphatic rings. The van der Waals surface area contributed by atoms with Crippen LogP contribution in [0.2, 0.25) is 0 Å². The fourth-order valence-electron chi connectivity index (χ4n) is 1.99. The fourth-order valence-corrected chi connectivity index (χ4v) is 1.99. The molecule has 0 radical (unpaired) electrons. The van der Waals surface area contributed by atoms with Crippen molar-refractivity contribution in [2.75, 3.05) is 6.61 Å². The number of carbonyl (C=O) groups excluding carboxylic acids is 2. The van der Waals surface area contributed by atoms with Crippen molar-refractivity contribution in [2.24, 2.45) is 0 Å². The second-order valence-electron chi connectivity index (χ2n) is 4.31. The van der Waals surface area contributed by atoms with Crippen molar-refractivity contribution in [3.05, 3.63) is 35.5 Å². The minimum Gasteiger partial charge on any atom is -0.464 e. The van der Waals surface area contributed by atoms with Gasteiger partial charge < -0.3 is 19.9 Å². The molecule has 2 atom stereocenters. The number of rotatable bonds is 5. The summed E-state index contributed by atoms with van der Waals surface area (Å²) >= 11 is 0. The number of fused-ring (bicyclic) bond motifs is 1. The SMILES string of the molecule is CCOC(=O)C(O)C(O)c1ccc2c(C=O)c[nH]c2c1. The molecule has 0 spiro atoms. The van der Waals surface area contributed by atoms with E-state index in [0.29, 0.717) is 22.0 Å². The van der Waals surface area contributed by atoms with Gasteiger partial charge in [0.05, 0.1) is 6.61 Å². The van der Waals surface area contributed by atoms with E-state index in [-0.39, 0.29) is 6.61 Å². The van der Waals surface area contributed by atoms with Gasteiger partial charge in [-0.3, -0.25) is 4.79 Å². The Morgan fingerprint density at radius 2 is 2.20 bits per heavy atom. The number of hydrogen-bond donors (Lipinski definition) is 3. The number of aromatic amines is 1. The Kier molecular flexibility index (Phi) is 4.16. The molecule has 6 heteroatoms. The van der Waals surface area contributed by atoms with Crippen LogP contribution in [0.15, 0.2) is 24.4 Å². The molecule has 2 rings (SSSR count). The average molecular weight is 277 g/mol. The minimum absolute atomic E-state index is 0.126. The monoisotopic (exact) mass is 277 g/mol. The first-order valence-electron chi connectivity index (χ1n) is 6.17. The third kappa shape index (κ3) is 2.56. The molecule has 6 nitrogen and oxygen atoms in total. The summed E-state index contributed by atoms with van der Waals surface area (Å²) in [5.41, 5.74) is 1.50. The Balaban J connectivity index is 2.28. The maximum Gasteiger partial charge on any atom is 0.338 e. The molecule has 106 valence electrons. The molecule has 1 aromatic heterocycles. The zero-order valence-electron chi connectivity index (χ0n) is 10.9. The first-order chi connectivity index (χ1) is 9.58. The topological polar surface area (TPSA) is 99.6 Å². The smallest absolute Gasteiger partial charge is 0.338 e. The predicted octanol–water partition coefficient (Wildman–Crippen LogP) is 0.938. The second-order valence-corrected chi connectivity index (χ2v) is 4.31. The van der Waals surface area contributed by atoms with Crippen molar-refractivity contribution >= 4 is 23.2 Å². The van der Waals surface area contributed by atoms with Crippen LogP contribution in [-0.4, -0.2) is 40.2 Å². The summed E-state index contributed by atoms with van der Waals surface area (Å²) < 4.78 is 4.65. The third-order valence-corrected chi connectivity index (χ3v) is 3.03. The average Bonchev–Trinajstić information content (AvgIpc) is 2.88. The van der Waals surface area contributed by atoms with Crippen LogP contribution < -0.4 is 0 Å². The lowest BCUT2D eigenvalue weighted by Gasteiger charge is -2.16. The van der Waals surface area contributed by atoms with E-state index in [0.717, 1.165) is 6.29 Å². The summed E-state index contributed by atoms with van der Waals surface area (Å²) in [6.07, 6.45) is -0.757. The Morgan fingerprint density at radius 3 is 2.85 bits per heavy atom. The van der Waals surface area contributed by atoms with Crippen molar-refractivity contribution < 1.29 is 24.5 Å². The largest absolute Gasteiger partial charge is 0.464 e. The van der Waals surface area contributed by atoms with Crippen LogP contribution in [-0.2, 0) is 9.53 Å². The summed E-state index contributed by atoms with van der Waals surface area (Å²) in [6.45, 7) is 1.74. The summed E-state index contributed by atoms with van der Waals surface area (Å²) in [4.78, 5) is 25.1.